The van der Waals surface area contributed by atoms with E-state index in [1.165, 1.54) is 45.7 Å². The Hall–Kier alpha value is -2.98. The van der Waals surface area contributed by atoms with Crippen LogP contribution in [0, 0.1) is 5.82 Å². The Morgan fingerprint density at radius 3 is 2.83 bits per heavy atom. The van der Waals surface area contributed by atoms with Crippen LogP contribution >= 0.6 is 23.1 Å². The van der Waals surface area contributed by atoms with Crippen molar-refractivity contribution in [3.8, 4) is 0 Å². The van der Waals surface area contributed by atoms with Crippen molar-refractivity contribution in [2.24, 2.45) is 7.05 Å². The van der Waals surface area contributed by atoms with Crippen LogP contribution in [-0.4, -0.2) is 30.6 Å². The Morgan fingerprint density at radius 1 is 1.30 bits per heavy atom. The lowest BCUT2D eigenvalue weighted by molar-refractivity contribution is -0.119. The number of nitrogens with one attached hydrogen (secondary N) is 1. The van der Waals surface area contributed by atoms with Gasteiger partial charge < -0.3 is 9.88 Å². The molecule has 0 saturated carbocycles. The van der Waals surface area contributed by atoms with Gasteiger partial charge in [0.15, 0.2) is 4.96 Å². The van der Waals surface area contributed by atoms with E-state index in [0.717, 1.165) is 5.56 Å². The van der Waals surface area contributed by atoms with Gasteiger partial charge in [-0.05, 0) is 17.7 Å². The van der Waals surface area contributed by atoms with Gasteiger partial charge in [-0.3, -0.25) is 14.0 Å². The molecule has 3 aromatic heterocycles. The molecule has 0 radical (unpaired) electrons. The molecule has 0 saturated heterocycles. The molecular weight excluding hydrogens is 425 g/mol. The molecule has 0 unspecified atom stereocenters. The maximum atomic E-state index is 13.3. The number of thioether (sulfide) groups is 1. The predicted octanol–water partition coefficient (Wildman–Crippen LogP) is 2.77. The van der Waals surface area contributed by atoms with Crippen molar-refractivity contribution >= 4 is 34.0 Å². The first-order chi connectivity index (χ1) is 14.5. The molecule has 4 aromatic rings. The zero-order valence-electron chi connectivity index (χ0n) is 16.0. The Balaban J connectivity index is 1.43. The van der Waals surface area contributed by atoms with Gasteiger partial charge in [0.05, 0.1) is 11.4 Å². The van der Waals surface area contributed by atoms with Crippen LogP contribution in [-0.2, 0) is 17.6 Å². The second-order valence-electron chi connectivity index (χ2n) is 6.58. The number of fused-ring (bicyclic) bond motifs is 1. The lowest BCUT2D eigenvalue weighted by atomic mass is 10.1. The zero-order valence-corrected chi connectivity index (χ0v) is 17.6. The summed E-state index contributed by atoms with van der Waals surface area (Å²) >= 11 is 2.76. The molecule has 7 nitrogen and oxygen atoms in total. The minimum atomic E-state index is -0.496. The molecule has 0 spiro atoms. The van der Waals surface area contributed by atoms with E-state index in [1.54, 1.807) is 36.1 Å². The number of thiazole rings is 1. The summed E-state index contributed by atoms with van der Waals surface area (Å²) in [5, 5.41) is 4.78. The number of rotatable bonds is 7. The van der Waals surface area contributed by atoms with Gasteiger partial charge >= 0.3 is 0 Å². The molecule has 0 fully saturated rings. The van der Waals surface area contributed by atoms with Gasteiger partial charge in [-0.25, -0.2) is 14.4 Å². The van der Waals surface area contributed by atoms with E-state index in [0.29, 0.717) is 22.2 Å². The van der Waals surface area contributed by atoms with E-state index in [4.69, 9.17) is 0 Å². The molecule has 1 aromatic carbocycles. The molecule has 3 heterocycles. The van der Waals surface area contributed by atoms with Gasteiger partial charge in [0.2, 0.25) is 5.91 Å². The third-order valence-electron chi connectivity index (χ3n) is 4.46. The van der Waals surface area contributed by atoms with Gasteiger partial charge in [-0.15, -0.1) is 23.1 Å². The summed E-state index contributed by atoms with van der Waals surface area (Å²) in [5.74, 6) is 0.753. The minimum Gasteiger partial charge on any atom is -0.341 e. The summed E-state index contributed by atoms with van der Waals surface area (Å²) in [7, 11) is 1.84. The Kier molecular flexibility index (Phi) is 5.96. The molecule has 0 aliphatic carbocycles. The number of carbonyl (C=O) groups is 1. The minimum absolute atomic E-state index is 0.132. The number of carbonyl (C=O) groups excluding carboxylic acids is 1. The first-order valence-corrected chi connectivity index (χ1v) is 11.1. The van der Waals surface area contributed by atoms with E-state index in [1.807, 2.05) is 11.6 Å². The summed E-state index contributed by atoms with van der Waals surface area (Å²) in [4.78, 5) is 34.1. The van der Waals surface area contributed by atoms with E-state index >= 15 is 0 Å². The molecule has 0 aliphatic heterocycles. The predicted molar refractivity (Wildman–Crippen MR) is 115 cm³/mol. The summed E-state index contributed by atoms with van der Waals surface area (Å²) < 4.78 is 16.6. The Labute approximate surface area is 179 Å². The number of benzene rings is 1. The number of hydrogen-bond acceptors (Lipinski definition) is 6. The number of hydrogen-bond donors (Lipinski definition) is 1. The van der Waals surface area contributed by atoms with Crippen molar-refractivity contribution in [1.82, 2.24) is 24.3 Å². The standard InChI is InChI=1S/C20H18FN5O2S2/c1-25-7-6-22-19(25)18(13-2-4-14(21)5-3-13)24-16(27)12-29-11-15-10-17(28)26-8-9-30-20(26)23-15/h2-10,18H,11-12H2,1H3,(H,24,27)/t18-/m0/s1. The zero-order chi connectivity index (χ0) is 21.1. The number of amides is 1. The molecule has 10 heteroatoms. The molecular formula is C20H18FN5O2S2. The number of aromatic nitrogens is 4. The van der Waals surface area contributed by atoms with E-state index in [9.17, 15) is 14.0 Å². The molecule has 1 amide bonds. The van der Waals surface area contributed by atoms with Crippen LogP contribution in [0.2, 0.25) is 0 Å². The van der Waals surface area contributed by atoms with Crippen molar-refractivity contribution in [2.45, 2.75) is 11.8 Å². The topological polar surface area (TPSA) is 81.3 Å². The summed E-state index contributed by atoms with van der Waals surface area (Å²) in [6, 6.07) is 6.98. The fourth-order valence-corrected chi connectivity index (χ4v) is 4.49. The molecule has 1 atom stereocenters. The highest BCUT2D eigenvalue weighted by molar-refractivity contribution is 7.99. The number of imidazole rings is 1. The number of aryl methyl sites for hydroxylation is 1. The van der Waals surface area contributed by atoms with Crippen molar-refractivity contribution in [2.75, 3.05) is 5.75 Å². The number of nitrogens with zero attached hydrogens (tertiary/aromatic N) is 4. The van der Waals surface area contributed by atoms with Crippen molar-refractivity contribution in [1.29, 1.82) is 0 Å². The number of halogens is 1. The fourth-order valence-electron chi connectivity index (χ4n) is 3.02. The lowest BCUT2D eigenvalue weighted by Crippen LogP contribution is -2.32. The maximum Gasteiger partial charge on any atom is 0.258 e. The second kappa shape index (κ2) is 8.80. The normalized spacial score (nSPS) is 12.2. The molecule has 4 rings (SSSR count). The highest BCUT2D eigenvalue weighted by atomic mass is 32.2. The summed E-state index contributed by atoms with van der Waals surface area (Å²) in [6.45, 7) is 0. The summed E-state index contributed by atoms with van der Waals surface area (Å²) in [6.07, 6.45) is 5.13. The van der Waals surface area contributed by atoms with Crippen LogP contribution < -0.4 is 10.9 Å². The second-order valence-corrected chi connectivity index (χ2v) is 8.44. The highest BCUT2D eigenvalue weighted by Gasteiger charge is 2.21. The lowest BCUT2D eigenvalue weighted by Gasteiger charge is -2.19. The molecule has 154 valence electrons. The van der Waals surface area contributed by atoms with Crippen LogP contribution in [0.5, 0.6) is 0 Å². The third kappa shape index (κ3) is 4.44. The average Bonchev–Trinajstić information content (AvgIpc) is 3.36. The van der Waals surface area contributed by atoms with Gasteiger partial charge in [-0.1, -0.05) is 12.1 Å². The monoisotopic (exact) mass is 443 g/mol. The van der Waals surface area contributed by atoms with Crippen molar-refractivity contribution < 1.29 is 9.18 Å². The van der Waals surface area contributed by atoms with Gasteiger partial charge in [-0.2, -0.15) is 0 Å². The van der Waals surface area contributed by atoms with Crippen LogP contribution in [0.1, 0.15) is 23.1 Å². The molecule has 30 heavy (non-hydrogen) atoms. The fraction of sp³-hybridized carbons (Fsp3) is 0.200. The maximum absolute atomic E-state index is 13.3. The third-order valence-corrected chi connectivity index (χ3v) is 6.19. The SMILES string of the molecule is Cn1ccnc1[C@@H](NC(=O)CSCc1cc(=O)n2ccsc2n1)c1ccc(F)cc1. The van der Waals surface area contributed by atoms with E-state index < -0.39 is 6.04 Å². The molecule has 0 aliphatic rings. The van der Waals surface area contributed by atoms with Crippen molar-refractivity contribution in [3.05, 3.63) is 87.6 Å². The quantitative estimate of drug-likeness (QED) is 0.475. The smallest absolute Gasteiger partial charge is 0.258 e. The van der Waals surface area contributed by atoms with Gasteiger partial charge in [0.1, 0.15) is 17.7 Å². The van der Waals surface area contributed by atoms with Crippen LogP contribution in [0.4, 0.5) is 4.39 Å². The Bertz CT molecular complexity index is 1230. The summed E-state index contributed by atoms with van der Waals surface area (Å²) in [5.41, 5.74) is 1.24. The molecule has 1 N–H and O–H groups in total. The first-order valence-electron chi connectivity index (χ1n) is 9.07. The Morgan fingerprint density at radius 2 is 2.10 bits per heavy atom. The highest BCUT2D eigenvalue weighted by Crippen LogP contribution is 2.21. The van der Waals surface area contributed by atoms with Gasteiger partial charge in [0.25, 0.3) is 5.56 Å². The largest absolute Gasteiger partial charge is 0.341 e. The van der Waals surface area contributed by atoms with E-state index in [2.05, 4.69) is 15.3 Å². The van der Waals surface area contributed by atoms with Gasteiger partial charge in [0, 0.05) is 42.8 Å². The first kappa shape index (κ1) is 20.3. The average molecular weight is 444 g/mol. The molecule has 0 bridgehead atoms. The van der Waals surface area contributed by atoms with Crippen molar-refractivity contribution in [3.63, 3.8) is 0 Å². The van der Waals surface area contributed by atoms with E-state index in [-0.39, 0.29) is 23.0 Å². The van der Waals surface area contributed by atoms with Crippen LogP contribution in [0.15, 0.2) is 59.1 Å². The van der Waals surface area contributed by atoms with Crippen LogP contribution in [0.25, 0.3) is 4.96 Å². The van der Waals surface area contributed by atoms with Crippen LogP contribution in [0.3, 0.4) is 0 Å².